The molecule has 1 aromatic rings. The number of hydrogen-bond acceptors (Lipinski definition) is 5. The summed E-state index contributed by atoms with van der Waals surface area (Å²) in [5.74, 6) is 0. The molecule has 1 aromatic heterocycles. The SMILES string of the molecule is CCC1CN(C)CCCN1Cc1csc(CNC)n1. The maximum Gasteiger partial charge on any atom is 0.107 e. The number of rotatable bonds is 5. The van der Waals surface area contributed by atoms with Gasteiger partial charge in [0.15, 0.2) is 0 Å². The Bertz CT molecular complexity index is 379. The standard InChI is InChI=1S/C14H26N4S/c1-4-13-10-17(3)6-5-7-18(13)9-12-11-19-14(16-12)8-15-2/h11,13,15H,4-10H2,1-3H3. The van der Waals surface area contributed by atoms with Crippen molar-refractivity contribution in [2.45, 2.75) is 38.9 Å². The van der Waals surface area contributed by atoms with E-state index in [1.165, 1.54) is 43.2 Å². The Balaban J connectivity index is 1.98. The Morgan fingerprint density at radius 1 is 1.47 bits per heavy atom. The molecule has 5 heteroatoms. The first-order valence-electron chi connectivity index (χ1n) is 7.23. The summed E-state index contributed by atoms with van der Waals surface area (Å²) in [4.78, 5) is 9.79. The Kier molecular flexibility index (Phi) is 5.76. The van der Waals surface area contributed by atoms with Crippen LogP contribution < -0.4 is 5.32 Å². The van der Waals surface area contributed by atoms with Gasteiger partial charge in [0, 0.05) is 37.6 Å². The van der Waals surface area contributed by atoms with Crippen LogP contribution in [0.25, 0.3) is 0 Å². The van der Waals surface area contributed by atoms with E-state index in [1.54, 1.807) is 11.3 Å². The molecule has 0 amide bonds. The van der Waals surface area contributed by atoms with Crippen molar-refractivity contribution in [1.29, 1.82) is 0 Å². The van der Waals surface area contributed by atoms with Gasteiger partial charge in [0.2, 0.25) is 0 Å². The minimum absolute atomic E-state index is 0.668. The number of hydrogen-bond donors (Lipinski definition) is 1. The van der Waals surface area contributed by atoms with Gasteiger partial charge in [-0.2, -0.15) is 0 Å². The molecule has 2 rings (SSSR count). The molecule has 1 atom stereocenters. The number of aromatic nitrogens is 1. The molecule has 0 spiro atoms. The van der Waals surface area contributed by atoms with Crippen LogP contribution in [-0.2, 0) is 13.1 Å². The average Bonchev–Trinajstić information content (AvgIpc) is 2.74. The Labute approximate surface area is 120 Å². The highest BCUT2D eigenvalue weighted by Crippen LogP contribution is 2.17. The molecule has 0 bridgehead atoms. The van der Waals surface area contributed by atoms with Gasteiger partial charge in [-0.15, -0.1) is 11.3 Å². The number of nitrogens with zero attached hydrogens (tertiary/aromatic N) is 3. The third kappa shape index (κ3) is 4.24. The smallest absolute Gasteiger partial charge is 0.107 e. The van der Waals surface area contributed by atoms with Crippen LogP contribution in [0.2, 0.25) is 0 Å². The fraction of sp³-hybridized carbons (Fsp3) is 0.786. The molecule has 19 heavy (non-hydrogen) atoms. The lowest BCUT2D eigenvalue weighted by Gasteiger charge is -2.29. The van der Waals surface area contributed by atoms with Gasteiger partial charge < -0.3 is 10.2 Å². The first-order chi connectivity index (χ1) is 9.22. The molecule has 2 heterocycles. The summed E-state index contributed by atoms with van der Waals surface area (Å²) < 4.78 is 0. The van der Waals surface area contributed by atoms with Crippen molar-refractivity contribution >= 4 is 11.3 Å². The molecular weight excluding hydrogens is 256 g/mol. The van der Waals surface area contributed by atoms with Crippen molar-refractivity contribution in [3.8, 4) is 0 Å². The lowest BCUT2D eigenvalue weighted by atomic mass is 10.2. The Morgan fingerprint density at radius 3 is 3.05 bits per heavy atom. The summed E-state index contributed by atoms with van der Waals surface area (Å²) in [6.45, 7) is 7.78. The molecule has 1 aliphatic rings. The van der Waals surface area contributed by atoms with Crippen LogP contribution in [0.5, 0.6) is 0 Å². The van der Waals surface area contributed by atoms with E-state index in [2.05, 4.69) is 34.5 Å². The molecule has 0 radical (unpaired) electrons. The maximum absolute atomic E-state index is 4.71. The van der Waals surface area contributed by atoms with Gasteiger partial charge in [-0.3, -0.25) is 4.90 Å². The Hall–Kier alpha value is -0.490. The summed E-state index contributed by atoms with van der Waals surface area (Å²) in [6, 6.07) is 0.668. The molecular formula is C14H26N4S. The van der Waals surface area contributed by atoms with Gasteiger partial charge in [-0.1, -0.05) is 6.92 Å². The van der Waals surface area contributed by atoms with Crippen molar-refractivity contribution in [2.75, 3.05) is 33.7 Å². The summed E-state index contributed by atoms with van der Waals surface area (Å²) in [5.41, 5.74) is 1.23. The van der Waals surface area contributed by atoms with E-state index in [-0.39, 0.29) is 0 Å². The molecule has 1 unspecified atom stereocenters. The molecule has 1 saturated heterocycles. The predicted octanol–water partition coefficient (Wildman–Crippen LogP) is 1.78. The summed E-state index contributed by atoms with van der Waals surface area (Å²) in [7, 11) is 4.21. The van der Waals surface area contributed by atoms with Crippen molar-refractivity contribution < 1.29 is 0 Å². The molecule has 1 N–H and O–H groups in total. The van der Waals surface area contributed by atoms with Gasteiger partial charge in [0.05, 0.1) is 5.69 Å². The lowest BCUT2D eigenvalue weighted by molar-refractivity contribution is 0.174. The van der Waals surface area contributed by atoms with E-state index in [0.717, 1.165) is 13.1 Å². The van der Waals surface area contributed by atoms with Crippen LogP contribution in [0, 0.1) is 0 Å². The van der Waals surface area contributed by atoms with Crippen LogP contribution in [0.3, 0.4) is 0 Å². The molecule has 0 aromatic carbocycles. The summed E-state index contributed by atoms with van der Waals surface area (Å²) in [6.07, 6.45) is 2.48. The Morgan fingerprint density at radius 2 is 2.32 bits per heavy atom. The largest absolute Gasteiger partial charge is 0.314 e. The molecule has 0 saturated carbocycles. The second kappa shape index (κ2) is 7.33. The van der Waals surface area contributed by atoms with Crippen LogP contribution in [0.1, 0.15) is 30.5 Å². The zero-order valence-corrected chi connectivity index (χ0v) is 13.2. The second-order valence-electron chi connectivity index (χ2n) is 5.41. The van der Waals surface area contributed by atoms with Gasteiger partial charge in [0.1, 0.15) is 5.01 Å². The highest BCUT2D eigenvalue weighted by molar-refractivity contribution is 7.09. The van der Waals surface area contributed by atoms with Crippen LogP contribution >= 0.6 is 11.3 Å². The first-order valence-corrected chi connectivity index (χ1v) is 8.11. The fourth-order valence-electron chi connectivity index (χ4n) is 2.75. The van der Waals surface area contributed by atoms with E-state index in [9.17, 15) is 0 Å². The molecule has 1 aliphatic heterocycles. The zero-order valence-electron chi connectivity index (χ0n) is 12.4. The van der Waals surface area contributed by atoms with Gasteiger partial charge >= 0.3 is 0 Å². The number of nitrogens with one attached hydrogen (secondary N) is 1. The average molecular weight is 282 g/mol. The van der Waals surface area contributed by atoms with E-state index >= 15 is 0 Å². The van der Waals surface area contributed by atoms with Crippen molar-refractivity contribution in [1.82, 2.24) is 20.1 Å². The minimum Gasteiger partial charge on any atom is -0.314 e. The third-order valence-corrected chi connectivity index (χ3v) is 4.69. The molecule has 0 aliphatic carbocycles. The van der Waals surface area contributed by atoms with Crippen molar-refractivity contribution in [2.24, 2.45) is 0 Å². The lowest BCUT2D eigenvalue weighted by Crippen LogP contribution is -2.39. The second-order valence-corrected chi connectivity index (χ2v) is 6.35. The highest BCUT2D eigenvalue weighted by Gasteiger charge is 2.22. The normalized spacial score (nSPS) is 22.6. The van der Waals surface area contributed by atoms with Gasteiger partial charge in [-0.05, 0) is 33.5 Å². The summed E-state index contributed by atoms with van der Waals surface area (Å²) >= 11 is 1.77. The number of likely N-dealkylation sites (N-methyl/N-ethyl adjacent to an activating group) is 1. The quantitative estimate of drug-likeness (QED) is 0.892. The molecule has 108 valence electrons. The minimum atomic E-state index is 0.668. The predicted molar refractivity (Wildman–Crippen MR) is 81.5 cm³/mol. The summed E-state index contributed by atoms with van der Waals surface area (Å²) in [5, 5.41) is 6.57. The van der Waals surface area contributed by atoms with Crippen LogP contribution in [0.15, 0.2) is 5.38 Å². The zero-order chi connectivity index (χ0) is 13.7. The topological polar surface area (TPSA) is 31.4 Å². The first kappa shape index (κ1) is 14.9. The van der Waals surface area contributed by atoms with Crippen molar-refractivity contribution in [3.63, 3.8) is 0 Å². The van der Waals surface area contributed by atoms with E-state index in [4.69, 9.17) is 4.98 Å². The maximum atomic E-state index is 4.71. The van der Waals surface area contributed by atoms with Gasteiger partial charge in [0.25, 0.3) is 0 Å². The number of thiazole rings is 1. The van der Waals surface area contributed by atoms with E-state index in [1.807, 2.05) is 7.05 Å². The van der Waals surface area contributed by atoms with Crippen LogP contribution in [-0.4, -0.2) is 54.6 Å². The van der Waals surface area contributed by atoms with Gasteiger partial charge in [-0.25, -0.2) is 4.98 Å². The highest BCUT2D eigenvalue weighted by atomic mass is 32.1. The molecule has 4 nitrogen and oxygen atoms in total. The van der Waals surface area contributed by atoms with Crippen molar-refractivity contribution in [3.05, 3.63) is 16.1 Å². The van der Waals surface area contributed by atoms with Crippen LogP contribution in [0.4, 0.5) is 0 Å². The van der Waals surface area contributed by atoms with E-state index < -0.39 is 0 Å². The third-order valence-electron chi connectivity index (χ3n) is 3.79. The van der Waals surface area contributed by atoms with E-state index in [0.29, 0.717) is 6.04 Å². The molecule has 1 fully saturated rings. The fourth-order valence-corrected chi connectivity index (χ4v) is 3.55. The monoisotopic (exact) mass is 282 g/mol.